The SMILES string of the molecule is CCC(c1nccs1)N1C(=O)NC(=O)C2(CCCC2)C1=O. The summed E-state index contributed by atoms with van der Waals surface area (Å²) in [4.78, 5) is 42.7. The molecule has 1 aliphatic carbocycles. The predicted octanol–water partition coefficient (Wildman–Crippen LogP) is 2.23. The van der Waals surface area contributed by atoms with Crippen molar-refractivity contribution in [2.24, 2.45) is 5.41 Å². The molecule has 0 aromatic carbocycles. The van der Waals surface area contributed by atoms with E-state index in [4.69, 9.17) is 0 Å². The van der Waals surface area contributed by atoms with E-state index in [2.05, 4.69) is 10.3 Å². The first-order valence-corrected chi connectivity index (χ1v) is 8.06. The average molecular weight is 307 g/mol. The van der Waals surface area contributed by atoms with Crippen molar-refractivity contribution in [3.8, 4) is 0 Å². The number of hydrogen-bond acceptors (Lipinski definition) is 5. The summed E-state index contributed by atoms with van der Waals surface area (Å²) in [6.45, 7) is 1.91. The van der Waals surface area contributed by atoms with Crippen molar-refractivity contribution >= 4 is 29.2 Å². The Labute approximate surface area is 126 Å². The highest BCUT2D eigenvalue weighted by Gasteiger charge is 2.56. The van der Waals surface area contributed by atoms with E-state index in [0.717, 1.165) is 17.8 Å². The van der Waals surface area contributed by atoms with Gasteiger partial charge in [-0.15, -0.1) is 11.3 Å². The predicted molar refractivity (Wildman–Crippen MR) is 76.4 cm³/mol. The molecule has 0 radical (unpaired) electrons. The highest BCUT2D eigenvalue weighted by atomic mass is 32.1. The molecule has 1 spiro atoms. The van der Waals surface area contributed by atoms with Gasteiger partial charge in [-0.25, -0.2) is 9.78 Å². The lowest BCUT2D eigenvalue weighted by Crippen LogP contribution is -2.63. The van der Waals surface area contributed by atoms with E-state index in [9.17, 15) is 14.4 Å². The number of rotatable bonds is 3. The Morgan fingerprint density at radius 2 is 2.10 bits per heavy atom. The molecule has 2 fully saturated rings. The Kier molecular flexibility index (Phi) is 3.52. The Morgan fingerprint density at radius 1 is 1.38 bits per heavy atom. The Hall–Kier alpha value is -1.76. The van der Waals surface area contributed by atoms with Crippen LogP contribution < -0.4 is 5.32 Å². The normalized spacial score (nSPS) is 22.7. The fraction of sp³-hybridized carbons (Fsp3) is 0.571. The molecule has 1 atom stereocenters. The Morgan fingerprint density at radius 3 is 2.67 bits per heavy atom. The number of thiazole rings is 1. The number of nitrogens with one attached hydrogen (secondary N) is 1. The Balaban J connectivity index is 1.98. The molecule has 0 bridgehead atoms. The second-order valence-electron chi connectivity index (χ2n) is 5.52. The van der Waals surface area contributed by atoms with Crippen LogP contribution in [0.4, 0.5) is 4.79 Å². The van der Waals surface area contributed by atoms with Crippen LogP contribution in [0.15, 0.2) is 11.6 Å². The van der Waals surface area contributed by atoms with Crippen LogP contribution in [0, 0.1) is 5.41 Å². The van der Waals surface area contributed by atoms with Crippen molar-refractivity contribution in [1.29, 1.82) is 0 Å². The van der Waals surface area contributed by atoms with Crippen LogP contribution in [0.5, 0.6) is 0 Å². The van der Waals surface area contributed by atoms with Crippen LogP contribution in [0.1, 0.15) is 50.1 Å². The summed E-state index contributed by atoms with van der Waals surface area (Å²) >= 11 is 1.42. The zero-order chi connectivity index (χ0) is 15.0. The highest BCUT2D eigenvalue weighted by Crippen LogP contribution is 2.44. The van der Waals surface area contributed by atoms with Crippen LogP contribution in [-0.4, -0.2) is 27.7 Å². The van der Waals surface area contributed by atoms with Crippen LogP contribution in [0.2, 0.25) is 0 Å². The number of carbonyl (C=O) groups excluding carboxylic acids is 3. The van der Waals surface area contributed by atoms with Gasteiger partial charge in [0.15, 0.2) is 0 Å². The van der Waals surface area contributed by atoms with E-state index in [-0.39, 0.29) is 5.91 Å². The molecular weight excluding hydrogens is 290 g/mol. The third kappa shape index (κ3) is 2.07. The molecule has 3 rings (SSSR count). The van der Waals surface area contributed by atoms with Crippen LogP contribution in [0.25, 0.3) is 0 Å². The minimum Gasteiger partial charge on any atom is -0.277 e. The second kappa shape index (κ2) is 5.22. The molecular formula is C14H17N3O3S. The third-order valence-corrected chi connectivity index (χ3v) is 5.27. The number of hydrogen-bond donors (Lipinski definition) is 1. The van der Waals surface area contributed by atoms with Gasteiger partial charge in [0.1, 0.15) is 10.4 Å². The van der Waals surface area contributed by atoms with Gasteiger partial charge >= 0.3 is 6.03 Å². The summed E-state index contributed by atoms with van der Waals surface area (Å²) in [5, 5.41) is 4.92. The molecule has 2 heterocycles. The minimum absolute atomic E-state index is 0.351. The van der Waals surface area contributed by atoms with E-state index in [0.29, 0.717) is 19.3 Å². The van der Waals surface area contributed by atoms with Gasteiger partial charge in [0, 0.05) is 11.6 Å². The average Bonchev–Trinajstić information content (AvgIpc) is 3.13. The lowest BCUT2D eigenvalue weighted by atomic mass is 9.81. The van der Waals surface area contributed by atoms with Crippen LogP contribution in [0.3, 0.4) is 0 Å². The number of carbonyl (C=O) groups is 3. The van der Waals surface area contributed by atoms with Crippen molar-refractivity contribution in [2.45, 2.75) is 45.1 Å². The fourth-order valence-electron chi connectivity index (χ4n) is 3.27. The van der Waals surface area contributed by atoms with E-state index in [1.54, 1.807) is 6.20 Å². The monoisotopic (exact) mass is 307 g/mol. The van der Waals surface area contributed by atoms with Gasteiger partial charge in [0.05, 0.1) is 6.04 Å². The summed E-state index contributed by atoms with van der Waals surface area (Å²) in [6.07, 6.45) is 4.97. The van der Waals surface area contributed by atoms with E-state index >= 15 is 0 Å². The topological polar surface area (TPSA) is 79.4 Å². The number of urea groups is 1. The number of nitrogens with zero attached hydrogens (tertiary/aromatic N) is 2. The first-order chi connectivity index (χ1) is 10.1. The molecule has 1 saturated carbocycles. The summed E-state index contributed by atoms with van der Waals surface area (Å²) in [7, 11) is 0. The first-order valence-electron chi connectivity index (χ1n) is 7.18. The Bertz CT molecular complexity index is 578. The van der Waals surface area contributed by atoms with Gasteiger partial charge in [-0.05, 0) is 19.3 Å². The summed E-state index contributed by atoms with van der Waals surface area (Å²) in [5.74, 6) is -0.781. The third-order valence-electron chi connectivity index (χ3n) is 4.39. The summed E-state index contributed by atoms with van der Waals surface area (Å²) < 4.78 is 0. The molecule has 7 heteroatoms. The number of aromatic nitrogens is 1. The quantitative estimate of drug-likeness (QED) is 0.868. The van der Waals surface area contributed by atoms with E-state index < -0.39 is 23.4 Å². The lowest BCUT2D eigenvalue weighted by Gasteiger charge is -2.39. The lowest BCUT2D eigenvalue weighted by molar-refractivity contribution is -0.152. The van der Waals surface area contributed by atoms with Gasteiger partial charge in [-0.1, -0.05) is 19.8 Å². The number of imide groups is 2. The molecule has 1 unspecified atom stereocenters. The fourth-order valence-corrected chi connectivity index (χ4v) is 4.08. The molecule has 1 saturated heterocycles. The van der Waals surface area contributed by atoms with Crippen molar-refractivity contribution in [3.63, 3.8) is 0 Å². The number of amides is 4. The standard InChI is InChI=1S/C14H17N3O3S/c1-2-9(10-15-7-8-21-10)17-12(19)14(5-3-4-6-14)11(18)16-13(17)20/h7-9H,2-6H2,1H3,(H,16,18,20). The van der Waals surface area contributed by atoms with Gasteiger partial charge in [-0.2, -0.15) is 0 Å². The summed E-state index contributed by atoms with van der Waals surface area (Å²) in [6, 6.07) is -1.02. The molecule has 6 nitrogen and oxygen atoms in total. The zero-order valence-electron chi connectivity index (χ0n) is 11.8. The highest BCUT2D eigenvalue weighted by molar-refractivity contribution is 7.09. The second-order valence-corrected chi connectivity index (χ2v) is 6.44. The maximum Gasteiger partial charge on any atom is 0.331 e. The molecule has 21 heavy (non-hydrogen) atoms. The molecule has 1 aromatic rings. The van der Waals surface area contributed by atoms with Gasteiger partial charge in [-0.3, -0.25) is 19.8 Å². The molecule has 1 aliphatic heterocycles. The molecule has 1 aromatic heterocycles. The van der Waals surface area contributed by atoms with Crippen molar-refractivity contribution in [1.82, 2.24) is 15.2 Å². The van der Waals surface area contributed by atoms with E-state index in [1.807, 2.05) is 12.3 Å². The van der Waals surface area contributed by atoms with Crippen LogP contribution >= 0.6 is 11.3 Å². The van der Waals surface area contributed by atoms with Gasteiger partial charge in [0.2, 0.25) is 11.8 Å². The smallest absolute Gasteiger partial charge is 0.277 e. The van der Waals surface area contributed by atoms with Gasteiger partial charge in [0.25, 0.3) is 0 Å². The van der Waals surface area contributed by atoms with Crippen molar-refractivity contribution < 1.29 is 14.4 Å². The minimum atomic E-state index is -1.04. The molecule has 2 aliphatic rings. The van der Waals surface area contributed by atoms with E-state index in [1.165, 1.54) is 16.2 Å². The molecule has 1 N–H and O–H groups in total. The molecule has 112 valence electrons. The zero-order valence-corrected chi connectivity index (χ0v) is 12.6. The maximum absolute atomic E-state index is 12.9. The van der Waals surface area contributed by atoms with Gasteiger partial charge < -0.3 is 0 Å². The maximum atomic E-state index is 12.9. The first kappa shape index (κ1) is 14.2. The van der Waals surface area contributed by atoms with Crippen molar-refractivity contribution in [2.75, 3.05) is 0 Å². The molecule has 4 amide bonds. The van der Waals surface area contributed by atoms with Crippen molar-refractivity contribution in [3.05, 3.63) is 16.6 Å². The largest absolute Gasteiger partial charge is 0.331 e. The summed E-state index contributed by atoms with van der Waals surface area (Å²) in [5.41, 5.74) is -1.04. The number of barbiturate groups is 1. The van der Waals surface area contributed by atoms with Crippen LogP contribution in [-0.2, 0) is 9.59 Å².